The maximum Gasteiger partial charge on any atom is 0.264 e. The number of hydrogen-bond donors (Lipinski definition) is 1. The summed E-state index contributed by atoms with van der Waals surface area (Å²) >= 11 is 1.39. The van der Waals surface area contributed by atoms with Crippen molar-refractivity contribution >= 4 is 28.1 Å². The van der Waals surface area contributed by atoms with Gasteiger partial charge in [0.15, 0.2) is 0 Å². The van der Waals surface area contributed by atoms with Crippen LogP contribution in [0, 0.1) is 13.8 Å². The fourth-order valence-corrected chi connectivity index (χ4v) is 4.38. The van der Waals surface area contributed by atoms with E-state index in [0.29, 0.717) is 22.7 Å². The molecule has 158 valence electrons. The molecule has 0 unspecified atom stereocenters. The molecule has 6 heteroatoms. The standard InChI is InChI=1S/C25H24N2O3S/c1-16-10-11-18-13-20(24(28)26-23(18)17(16)2)15-27(25(29)22-9-6-12-31-22)14-19-7-4-5-8-21(19)30-3/h4-13H,14-15H2,1-3H3,(H,26,28). The zero-order chi connectivity index (χ0) is 22.0. The summed E-state index contributed by atoms with van der Waals surface area (Å²) in [6, 6.07) is 17.2. The number of aromatic nitrogens is 1. The highest BCUT2D eigenvalue weighted by Crippen LogP contribution is 2.24. The van der Waals surface area contributed by atoms with E-state index in [1.54, 1.807) is 18.1 Å². The third-order valence-electron chi connectivity index (χ3n) is 5.56. The lowest BCUT2D eigenvalue weighted by Gasteiger charge is -2.23. The van der Waals surface area contributed by atoms with E-state index in [-0.39, 0.29) is 18.0 Å². The van der Waals surface area contributed by atoms with Gasteiger partial charge in [0.2, 0.25) is 0 Å². The van der Waals surface area contributed by atoms with Gasteiger partial charge in [-0.2, -0.15) is 0 Å². The van der Waals surface area contributed by atoms with Crippen LogP contribution in [-0.4, -0.2) is 22.9 Å². The summed E-state index contributed by atoms with van der Waals surface area (Å²) < 4.78 is 5.47. The number of benzene rings is 2. The van der Waals surface area contributed by atoms with Crippen molar-refractivity contribution in [2.75, 3.05) is 7.11 Å². The molecule has 31 heavy (non-hydrogen) atoms. The first-order valence-corrected chi connectivity index (χ1v) is 10.9. The lowest BCUT2D eigenvalue weighted by atomic mass is 10.0. The van der Waals surface area contributed by atoms with Crippen LogP contribution in [0.15, 0.2) is 64.8 Å². The molecule has 0 aliphatic heterocycles. The van der Waals surface area contributed by atoms with Crippen molar-refractivity contribution in [1.82, 2.24) is 9.88 Å². The number of aromatic amines is 1. The van der Waals surface area contributed by atoms with Gasteiger partial charge < -0.3 is 14.6 Å². The number of ether oxygens (including phenoxy) is 1. The summed E-state index contributed by atoms with van der Waals surface area (Å²) in [4.78, 5) is 31.5. The average Bonchev–Trinajstić information content (AvgIpc) is 3.32. The number of para-hydroxylation sites is 1. The van der Waals surface area contributed by atoms with Crippen LogP contribution in [0.1, 0.15) is 31.9 Å². The molecule has 0 spiro atoms. The van der Waals surface area contributed by atoms with Crippen LogP contribution in [0.4, 0.5) is 0 Å². The van der Waals surface area contributed by atoms with Crippen molar-refractivity contribution in [3.63, 3.8) is 0 Å². The van der Waals surface area contributed by atoms with E-state index in [2.05, 4.69) is 4.98 Å². The van der Waals surface area contributed by atoms with E-state index in [4.69, 9.17) is 4.74 Å². The molecular formula is C25H24N2O3S. The van der Waals surface area contributed by atoms with E-state index in [0.717, 1.165) is 27.6 Å². The SMILES string of the molecule is COc1ccccc1CN(Cc1cc2ccc(C)c(C)c2[nH]c1=O)C(=O)c1cccs1. The second-order valence-electron chi connectivity index (χ2n) is 7.55. The molecule has 2 aromatic heterocycles. The third-order valence-corrected chi connectivity index (χ3v) is 6.42. The Hall–Kier alpha value is -3.38. The zero-order valence-electron chi connectivity index (χ0n) is 17.8. The van der Waals surface area contributed by atoms with Crippen molar-refractivity contribution in [2.45, 2.75) is 26.9 Å². The lowest BCUT2D eigenvalue weighted by molar-refractivity contribution is 0.0733. The summed E-state index contributed by atoms with van der Waals surface area (Å²) in [6.07, 6.45) is 0. The number of nitrogens with zero attached hydrogens (tertiary/aromatic N) is 1. The second-order valence-corrected chi connectivity index (χ2v) is 8.49. The van der Waals surface area contributed by atoms with Gasteiger partial charge in [-0.3, -0.25) is 9.59 Å². The lowest BCUT2D eigenvalue weighted by Crippen LogP contribution is -2.32. The van der Waals surface area contributed by atoms with Crippen molar-refractivity contribution in [3.05, 3.63) is 97.5 Å². The van der Waals surface area contributed by atoms with Crippen LogP contribution in [0.2, 0.25) is 0 Å². The van der Waals surface area contributed by atoms with Gasteiger partial charge in [-0.1, -0.05) is 36.4 Å². The molecule has 1 amide bonds. The first-order valence-electron chi connectivity index (χ1n) is 10.0. The number of nitrogens with one attached hydrogen (secondary N) is 1. The first-order chi connectivity index (χ1) is 15.0. The molecule has 0 atom stereocenters. The van der Waals surface area contributed by atoms with Crippen molar-refractivity contribution in [1.29, 1.82) is 0 Å². The number of carbonyl (C=O) groups excluding carboxylic acids is 1. The summed E-state index contributed by atoms with van der Waals surface area (Å²) in [5, 5.41) is 2.83. The predicted octanol–water partition coefficient (Wildman–Crippen LogP) is 5.06. The molecule has 0 bridgehead atoms. The Balaban J connectivity index is 1.74. The van der Waals surface area contributed by atoms with E-state index >= 15 is 0 Å². The van der Waals surface area contributed by atoms with E-state index in [9.17, 15) is 9.59 Å². The number of amides is 1. The molecular weight excluding hydrogens is 408 g/mol. The monoisotopic (exact) mass is 432 g/mol. The summed E-state index contributed by atoms with van der Waals surface area (Å²) in [6.45, 7) is 4.56. The van der Waals surface area contributed by atoms with Crippen molar-refractivity contribution < 1.29 is 9.53 Å². The average molecular weight is 433 g/mol. The highest BCUT2D eigenvalue weighted by molar-refractivity contribution is 7.12. The Bertz CT molecular complexity index is 1290. The van der Waals surface area contributed by atoms with Crippen LogP contribution < -0.4 is 10.3 Å². The van der Waals surface area contributed by atoms with E-state index in [1.165, 1.54) is 11.3 Å². The Morgan fingerprint density at radius 3 is 2.55 bits per heavy atom. The van der Waals surface area contributed by atoms with Crippen LogP contribution >= 0.6 is 11.3 Å². The van der Waals surface area contributed by atoms with E-state index < -0.39 is 0 Å². The van der Waals surface area contributed by atoms with Gasteiger partial charge in [-0.05, 0) is 53.9 Å². The largest absolute Gasteiger partial charge is 0.496 e. The molecule has 0 radical (unpaired) electrons. The second kappa shape index (κ2) is 8.78. The smallest absolute Gasteiger partial charge is 0.264 e. The van der Waals surface area contributed by atoms with Crippen LogP contribution in [0.5, 0.6) is 5.75 Å². The Morgan fingerprint density at radius 1 is 1.03 bits per heavy atom. The first kappa shape index (κ1) is 20.9. The highest BCUT2D eigenvalue weighted by Gasteiger charge is 2.20. The number of pyridine rings is 1. The number of rotatable bonds is 6. The number of thiophene rings is 1. The minimum Gasteiger partial charge on any atom is -0.496 e. The number of carbonyl (C=O) groups is 1. The number of methoxy groups -OCH3 is 1. The molecule has 0 saturated heterocycles. The van der Waals surface area contributed by atoms with Gasteiger partial charge in [0.05, 0.1) is 30.6 Å². The van der Waals surface area contributed by atoms with Gasteiger partial charge in [-0.25, -0.2) is 0 Å². The predicted molar refractivity (Wildman–Crippen MR) is 125 cm³/mol. The molecule has 2 heterocycles. The molecule has 2 aromatic carbocycles. The number of fused-ring (bicyclic) bond motifs is 1. The molecule has 0 saturated carbocycles. The molecule has 1 N–H and O–H groups in total. The zero-order valence-corrected chi connectivity index (χ0v) is 18.6. The Labute approximate surface area is 184 Å². The summed E-state index contributed by atoms with van der Waals surface area (Å²) in [7, 11) is 1.61. The Morgan fingerprint density at radius 2 is 1.81 bits per heavy atom. The van der Waals surface area contributed by atoms with E-state index in [1.807, 2.05) is 67.8 Å². The molecule has 5 nitrogen and oxygen atoms in total. The Kier molecular flexibility index (Phi) is 5.91. The van der Waals surface area contributed by atoms with Gasteiger partial charge in [0, 0.05) is 11.1 Å². The minimum atomic E-state index is -0.176. The minimum absolute atomic E-state index is 0.111. The van der Waals surface area contributed by atoms with Crippen LogP contribution in [0.3, 0.4) is 0 Å². The van der Waals surface area contributed by atoms with Crippen molar-refractivity contribution in [3.8, 4) is 5.75 Å². The molecule has 0 fully saturated rings. The number of aryl methyl sites for hydroxylation is 2. The van der Waals surface area contributed by atoms with Gasteiger partial charge in [0.1, 0.15) is 5.75 Å². The van der Waals surface area contributed by atoms with Gasteiger partial charge >= 0.3 is 0 Å². The molecule has 0 aliphatic carbocycles. The van der Waals surface area contributed by atoms with Gasteiger partial charge in [0.25, 0.3) is 11.5 Å². The number of H-pyrrole nitrogens is 1. The van der Waals surface area contributed by atoms with Crippen molar-refractivity contribution in [2.24, 2.45) is 0 Å². The third kappa shape index (κ3) is 4.25. The topological polar surface area (TPSA) is 62.4 Å². The van der Waals surface area contributed by atoms with Crippen LogP contribution in [0.25, 0.3) is 10.9 Å². The number of hydrogen-bond acceptors (Lipinski definition) is 4. The maximum atomic E-state index is 13.3. The van der Waals surface area contributed by atoms with Gasteiger partial charge in [-0.15, -0.1) is 11.3 Å². The van der Waals surface area contributed by atoms with Crippen LogP contribution in [-0.2, 0) is 13.1 Å². The molecule has 0 aliphatic rings. The fourth-order valence-electron chi connectivity index (χ4n) is 3.69. The summed E-state index contributed by atoms with van der Waals surface area (Å²) in [5.41, 5.74) is 4.29. The normalized spacial score (nSPS) is 10.9. The highest BCUT2D eigenvalue weighted by atomic mass is 32.1. The molecule has 4 rings (SSSR count). The fraction of sp³-hybridized carbons (Fsp3) is 0.200. The summed E-state index contributed by atoms with van der Waals surface area (Å²) in [5.74, 6) is 0.602. The molecule has 4 aromatic rings. The maximum absolute atomic E-state index is 13.3. The quantitative estimate of drug-likeness (QED) is 0.463.